The number of hydrogen-bond acceptors (Lipinski definition) is 0. The van der Waals surface area contributed by atoms with Crippen molar-refractivity contribution in [1.82, 2.24) is 0 Å². The lowest BCUT2D eigenvalue weighted by atomic mass is 10.4. The predicted molar refractivity (Wildman–Crippen MR) is 56.2 cm³/mol. The molecule has 1 unspecified atom stereocenters. The van der Waals surface area contributed by atoms with E-state index in [0.717, 1.165) is 4.47 Å². The third-order valence-corrected chi connectivity index (χ3v) is 3.50. The van der Waals surface area contributed by atoms with Crippen LogP contribution in [0.4, 0.5) is 0 Å². The fourth-order valence-electron chi connectivity index (χ4n) is 0.515. The highest BCUT2D eigenvalue weighted by Crippen LogP contribution is 2.12. The van der Waals surface area contributed by atoms with E-state index in [-0.39, 0.29) is 0 Å². The van der Waals surface area contributed by atoms with Gasteiger partial charge in [0, 0.05) is 8.04 Å². The van der Waals surface area contributed by atoms with E-state index in [0.29, 0.717) is 0 Å². The Kier molecular flexibility index (Phi) is 2.93. The maximum Gasteiger partial charge on any atom is 0.0202 e. The van der Waals surface area contributed by atoms with E-state index < -0.39 is 0 Å². The zero-order valence-corrected chi connectivity index (χ0v) is 9.46. The van der Waals surface area contributed by atoms with Crippen LogP contribution in [0.25, 0.3) is 0 Å². The summed E-state index contributed by atoms with van der Waals surface area (Å²) in [5.74, 6) is 0. The Balaban J connectivity index is 3.17. The van der Waals surface area contributed by atoms with Crippen molar-refractivity contribution in [2.45, 2.75) is 0 Å². The fraction of sp³-hybridized carbons (Fsp3) is 0. The van der Waals surface area contributed by atoms with E-state index in [1.54, 1.807) is 0 Å². The van der Waals surface area contributed by atoms with Crippen LogP contribution < -0.4 is 5.30 Å². The molecule has 9 heavy (non-hydrogen) atoms. The van der Waals surface area contributed by atoms with Gasteiger partial charge in [0.25, 0.3) is 0 Å². The summed E-state index contributed by atoms with van der Waals surface area (Å²) in [7, 11) is 2.68. The van der Waals surface area contributed by atoms with Crippen molar-refractivity contribution in [3.8, 4) is 0 Å². The lowest BCUT2D eigenvalue weighted by molar-refractivity contribution is 1.66. The van der Waals surface area contributed by atoms with Gasteiger partial charge >= 0.3 is 0 Å². The van der Waals surface area contributed by atoms with Crippen LogP contribution in [-0.4, -0.2) is 0 Å². The molecule has 0 saturated heterocycles. The summed E-state index contributed by atoms with van der Waals surface area (Å²) in [4.78, 5) is 0. The van der Waals surface area contributed by atoms with Crippen molar-refractivity contribution < 1.29 is 0 Å². The summed E-state index contributed by atoms with van der Waals surface area (Å²) in [6.07, 6.45) is 0. The Hall–Kier alpha value is 0.860. The first-order chi connectivity index (χ1) is 4.20. The van der Waals surface area contributed by atoms with E-state index in [4.69, 9.17) is 0 Å². The standard InChI is InChI=1S/C6H5BrIP/c7-4-1-2-5(8)6(9)3-4/h1-3H,9H2. The topological polar surface area (TPSA) is 0 Å². The molecule has 0 amide bonds. The highest BCUT2D eigenvalue weighted by Gasteiger charge is 1.92. The highest BCUT2D eigenvalue weighted by atomic mass is 127. The molecule has 0 radical (unpaired) electrons. The van der Waals surface area contributed by atoms with E-state index >= 15 is 0 Å². The van der Waals surface area contributed by atoms with Crippen molar-refractivity contribution in [2.75, 3.05) is 0 Å². The molecule has 0 bridgehead atoms. The van der Waals surface area contributed by atoms with Crippen molar-refractivity contribution in [3.05, 3.63) is 26.2 Å². The van der Waals surface area contributed by atoms with Gasteiger partial charge in [0.1, 0.15) is 0 Å². The minimum atomic E-state index is 1.13. The summed E-state index contributed by atoms with van der Waals surface area (Å²) in [5.41, 5.74) is 0. The van der Waals surface area contributed by atoms with Gasteiger partial charge in [-0.3, -0.25) is 0 Å². The lowest BCUT2D eigenvalue weighted by Gasteiger charge is -1.95. The van der Waals surface area contributed by atoms with Crippen LogP contribution in [0.1, 0.15) is 0 Å². The molecule has 0 aromatic heterocycles. The van der Waals surface area contributed by atoms with Crippen molar-refractivity contribution in [2.24, 2.45) is 0 Å². The van der Waals surface area contributed by atoms with Gasteiger partial charge in [-0.1, -0.05) is 15.9 Å². The van der Waals surface area contributed by atoms with Gasteiger partial charge < -0.3 is 0 Å². The molecule has 0 aliphatic carbocycles. The first-order valence-corrected chi connectivity index (χ1v) is 4.85. The Morgan fingerprint density at radius 3 is 2.56 bits per heavy atom. The van der Waals surface area contributed by atoms with Gasteiger partial charge in [-0.25, -0.2) is 0 Å². The molecule has 0 aliphatic heterocycles. The quantitative estimate of drug-likeness (QED) is 0.510. The molecule has 0 fully saturated rings. The minimum absolute atomic E-state index is 1.13. The van der Waals surface area contributed by atoms with Crippen LogP contribution in [0.3, 0.4) is 0 Å². The maximum absolute atomic E-state index is 3.38. The number of benzene rings is 1. The van der Waals surface area contributed by atoms with Crippen LogP contribution in [-0.2, 0) is 0 Å². The molecule has 3 heteroatoms. The third kappa shape index (κ3) is 2.17. The number of halogens is 2. The largest absolute Gasteiger partial charge is 0.104 e. The van der Waals surface area contributed by atoms with Crippen LogP contribution in [0, 0.1) is 3.57 Å². The molecule has 1 aromatic rings. The van der Waals surface area contributed by atoms with Crippen molar-refractivity contribution >= 4 is 53.1 Å². The van der Waals surface area contributed by atoms with E-state index in [2.05, 4.69) is 59.9 Å². The van der Waals surface area contributed by atoms with Gasteiger partial charge in [0.05, 0.1) is 0 Å². The van der Waals surface area contributed by atoms with Crippen LogP contribution in [0.15, 0.2) is 22.7 Å². The van der Waals surface area contributed by atoms with Gasteiger partial charge in [0.15, 0.2) is 0 Å². The number of rotatable bonds is 0. The monoisotopic (exact) mass is 314 g/mol. The van der Waals surface area contributed by atoms with Gasteiger partial charge in [-0.15, -0.1) is 9.24 Å². The van der Waals surface area contributed by atoms with Gasteiger partial charge in [-0.05, 0) is 46.1 Å². The second-order valence-electron chi connectivity index (χ2n) is 1.67. The minimum Gasteiger partial charge on any atom is -0.104 e. The van der Waals surface area contributed by atoms with E-state index in [1.165, 1.54) is 8.87 Å². The van der Waals surface area contributed by atoms with Gasteiger partial charge in [0.2, 0.25) is 0 Å². The second kappa shape index (κ2) is 3.31. The second-order valence-corrected chi connectivity index (χ2v) is 4.37. The Labute approximate surface area is 78.9 Å². The summed E-state index contributed by atoms with van der Waals surface area (Å²) in [5, 5.41) is 1.24. The molecule has 0 saturated carbocycles. The average Bonchev–Trinajstić information content (AvgIpc) is 1.80. The molecule has 0 N–H and O–H groups in total. The third-order valence-electron chi connectivity index (χ3n) is 0.958. The zero-order valence-electron chi connectivity index (χ0n) is 4.57. The zero-order chi connectivity index (χ0) is 6.85. The van der Waals surface area contributed by atoms with E-state index in [9.17, 15) is 0 Å². The van der Waals surface area contributed by atoms with Crippen molar-refractivity contribution in [1.29, 1.82) is 0 Å². The Morgan fingerprint density at radius 2 is 2.11 bits per heavy atom. The van der Waals surface area contributed by atoms with Crippen LogP contribution in [0.2, 0.25) is 0 Å². The molecule has 1 aromatic carbocycles. The number of hydrogen-bond donors (Lipinski definition) is 0. The first-order valence-electron chi connectivity index (χ1n) is 2.40. The predicted octanol–water partition coefficient (Wildman–Crippen LogP) is 2.55. The summed E-state index contributed by atoms with van der Waals surface area (Å²) in [6.45, 7) is 0. The molecule has 0 spiro atoms. The Bertz CT molecular complexity index is 224. The maximum atomic E-state index is 3.38. The molecule has 0 heterocycles. The summed E-state index contributed by atoms with van der Waals surface area (Å²) in [6, 6.07) is 6.19. The lowest BCUT2D eigenvalue weighted by Crippen LogP contribution is -1.94. The fourth-order valence-corrected chi connectivity index (χ4v) is 1.75. The van der Waals surface area contributed by atoms with E-state index in [1.807, 2.05) is 6.07 Å². The molecular formula is C6H5BrIP. The molecular weight excluding hydrogens is 310 g/mol. The molecule has 0 aliphatic rings. The van der Waals surface area contributed by atoms with Crippen molar-refractivity contribution in [3.63, 3.8) is 0 Å². The SMILES string of the molecule is Pc1cc(Br)ccc1I. The molecule has 1 atom stereocenters. The molecule has 48 valence electrons. The molecule has 0 nitrogen and oxygen atoms in total. The highest BCUT2D eigenvalue weighted by molar-refractivity contribution is 14.1. The molecule has 1 rings (SSSR count). The summed E-state index contributed by atoms with van der Waals surface area (Å²) >= 11 is 5.68. The smallest absolute Gasteiger partial charge is 0.0202 e. The average molecular weight is 315 g/mol. The van der Waals surface area contributed by atoms with Crippen LogP contribution >= 0.6 is 47.8 Å². The van der Waals surface area contributed by atoms with Gasteiger partial charge in [-0.2, -0.15) is 0 Å². The normalized spacial score (nSPS) is 9.67. The first kappa shape index (κ1) is 7.96. The Morgan fingerprint density at radius 1 is 1.44 bits per heavy atom. The summed E-state index contributed by atoms with van der Waals surface area (Å²) < 4.78 is 2.41. The van der Waals surface area contributed by atoms with Crippen LogP contribution in [0.5, 0.6) is 0 Å².